The second-order valence-corrected chi connectivity index (χ2v) is 4.99. The SMILES string of the molecule is CCc1cc(C(=O)N(CC)CC(C)C(=O)O)cc(Cl)n1. The van der Waals surface area contributed by atoms with E-state index in [2.05, 4.69) is 4.98 Å². The fourth-order valence-electron chi connectivity index (χ4n) is 1.80. The summed E-state index contributed by atoms with van der Waals surface area (Å²) in [5.41, 5.74) is 1.18. The summed E-state index contributed by atoms with van der Waals surface area (Å²) in [6.45, 7) is 5.94. The minimum Gasteiger partial charge on any atom is -0.481 e. The Kier molecular flexibility index (Phi) is 5.95. The predicted molar refractivity (Wildman–Crippen MR) is 77.0 cm³/mol. The summed E-state index contributed by atoms with van der Waals surface area (Å²) in [7, 11) is 0. The van der Waals surface area contributed by atoms with Crippen LogP contribution in [0.3, 0.4) is 0 Å². The van der Waals surface area contributed by atoms with Crippen molar-refractivity contribution in [2.45, 2.75) is 27.2 Å². The highest BCUT2D eigenvalue weighted by Gasteiger charge is 2.21. The van der Waals surface area contributed by atoms with Gasteiger partial charge in [-0.2, -0.15) is 0 Å². The minimum absolute atomic E-state index is 0.173. The lowest BCUT2D eigenvalue weighted by atomic mass is 10.1. The number of aliphatic carboxylic acids is 1. The summed E-state index contributed by atoms with van der Waals surface area (Å²) in [6, 6.07) is 3.21. The van der Waals surface area contributed by atoms with E-state index in [4.69, 9.17) is 16.7 Å². The molecule has 1 unspecified atom stereocenters. The van der Waals surface area contributed by atoms with Crippen LogP contribution in [0, 0.1) is 5.92 Å². The first-order chi connectivity index (χ1) is 9.38. The van der Waals surface area contributed by atoms with Crippen LogP contribution in [-0.4, -0.2) is 40.0 Å². The molecule has 1 rings (SSSR count). The highest BCUT2D eigenvalue weighted by atomic mass is 35.5. The van der Waals surface area contributed by atoms with E-state index in [-0.39, 0.29) is 17.6 Å². The number of nitrogens with zero attached hydrogens (tertiary/aromatic N) is 2. The first-order valence-electron chi connectivity index (χ1n) is 6.57. The summed E-state index contributed by atoms with van der Waals surface area (Å²) < 4.78 is 0. The topological polar surface area (TPSA) is 70.5 Å². The van der Waals surface area contributed by atoms with Gasteiger partial charge in [-0.25, -0.2) is 4.98 Å². The number of hydrogen-bond acceptors (Lipinski definition) is 3. The van der Waals surface area contributed by atoms with Crippen LogP contribution in [0.5, 0.6) is 0 Å². The Hall–Kier alpha value is -1.62. The number of carboxylic acids is 1. The number of aromatic nitrogens is 1. The number of amides is 1. The molecule has 1 amide bonds. The molecule has 1 N–H and O–H groups in total. The number of carbonyl (C=O) groups is 2. The summed E-state index contributed by atoms with van der Waals surface area (Å²) in [4.78, 5) is 28.9. The molecule has 0 aliphatic carbocycles. The number of pyridine rings is 1. The Morgan fingerprint density at radius 2 is 2.05 bits per heavy atom. The van der Waals surface area contributed by atoms with E-state index in [1.54, 1.807) is 13.0 Å². The van der Waals surface area contributed by atoms with Crippen molar-refractivity contribution >= 4 is 23.5 Å². The van der Waals surface area contributed by atoms with Gasteiger partial charge in [0.15, 0.2) is 0 Å². The summed E-state index contributed by atoms with van der Waals surface area (Å²) >= 11 is 5.90. The van der Waals surface area contributed by atoms with Gasteiger partial charge in [-0.15, -0.1) is 0 Å². The number of carbonyl (C=O) groups excluding carboxylic acids is 1. The maximum atomic E-state index is 12.4. The van der Waals surface area contributed by atoms with Crippen molar-refractivity contribution in [1.29, 1.82) is 0 Å². The van der Waals surface area contributed by atoms with Crippen LogP contribution in [0.25, 0.3) is 0 Å². The van der Waals surface area contributed by atoms with Crippen LogP contribution in [-0.2, 0) is 11.2 Å². The molecule has 6 heteroatoms. The van der Waals surface area contributed by atoms with E-state index in [0.717, 1.165) is 5.69 Å². The van der Waals surface area contributed by atoms with Gasteiger partial charge in [-0.05, 0) is 25.5 Å². The molecule has 0 radical (unpaired) electrons. The van der Waals surface area contributed by atoms with E-state index in [1.807, 2.05) is 13.8 Å². The smallest absolute Gasteiger partial charge is 0.308 e. The van der Waals surface area contributed by atoms with Crippen molar-refractivity contribution in [3.05, 3.63) is 28.5 Å². The van der Waals surface area contributed by atoms with E-state index in [1.165, 1.54) is 11.0 Å². The first-order valence-corrected chi connectivity index (χ1v) is 6.95. The van der Waals surface area contributed by atoms with E-state index in [0.29, 0.717) is 18.5 Å². The highest BCUT2D eigenvalue weighted by molar-refractivity contribution is 6.29. The summed E-state index contributed by atoms with van der Waals surface area (Å²) in [5.74, 6) is -1.75. The Morgan fingerprint density at radius 3 is 2.55 bits per heavy atom. The molecule has 1 aromatic heterocycles. The van der Waals surface area contributed by atoms with Gasteiger partial charge >= 0.3 is 5.97 Å². The highest BCUT2D eigenvalue weighted by Crippen LogP contribution is 2.14. The van der Waals surface area contributed by atoms with Crippen LogP contribution in [0.15, 0.2) is 12.1 Å². The van der Waals surface area contributed by atoms with Crippen LogP contribution in [0.4, 0.5) is 0 Å². The summed E-state index contributed by atoms with van der Waals surface area (Å²) in [5, 5.41) is 9.21. The molecule has 110 valence electrons. The second kappa shape index (κ2) is 7.24. The van der Waals surface area contributed by atoms with Crippen molar-refractivity contribution < 1.29 is 14.7 Å². The summed E-state index contributed by atoms with van der Waals surface area (Å²) in [6.07, 6.45) is 0.679. The van der Waals surface area contributed by atoms with Crippen molar-refractivity contribution in [2.75, 3.05) is 13.1 Å². The van der Waals surface area contributed by atoms with Gasteiger partial charge in [-0.3, -0.25) is 9.59 Å². The van der Waals surface area contributed by atoms with Gasteiger partial charge in [0.1, 0.15) is 5.15 Å². The zero-order chi connectivity index (χ0) is 15.3. The third-order valence-electron chi connectivity index (χ3n) is 3.04. The third kappa shape index (κ3) is 4.20. The lowest BCUT2D eigenvalue weighted by Gasteiger charge is -2.23. The molecule has 1 heterocycles. The number of rotatable bonds is 6. The Labute approximate surface area is 123 Å². The molecular weight excluding hydrogens is 280 g/mol. The fourth-order valence-corrected chi connectivity index (χ4v) is 2.03. The molecule has 0 bridgehead atoms. The standard InChI is InChI=1S/C14H19ClN2O3/c1-4-11-6-10(7-12(15)16-11)13(18)17(5-2)8-9(3)14(19)20/h6-7,9H,4-5,8H2,1-3H3,(H,19,20). The van der Waals surface area contributed by atoms with Crippen molar-refractivity contribution in [3.8, 4) is 0 Å². The van der Waals surface area contributed by atoms with Crippen LogP contribution >= 0.6 is 11.6 Å². The quantitative estimate of drug-likeness (QED) is 0.819. The molecule has 20 heavy (non-hydrogen) atoms. The Bertz CT molecular complexity index is 505. The molecule has 0 aliphatic heterocycles. The maximum absolute atomic E-state index is 12.4. The molecule has 0 fully saturated rings. The Balaban J connectivity index is 2.96. The molecule has 0 saturated heterocycles. The number of carboxylic acid groups (broad SMARTS) is 1. The average molecular weight is 299 g/mol. The molecular formula is C14H19ClN2O3. The third-order valence-corrected chi connectivity index (χ3v) is 3.23. The minimum atomic E-state index is -0.918. The van der Waals surface area contributed by atoms with E-state index >= 15 is 0 Å². The normalized spacial score (nSPS) is 12.0. The maximum Gasteiger partial charge on any atom is 0.308 e. The largest absolute Gasteiger partial charge is 0.481 e. The average Bonchev–Trinajstić information content (AvgIpc) is 2.42. The van der Waals surface area contributed by atoms with Gasteiger partial charge in [-0.1, -0.05) is 25.4 Å². The van der Waals surface area contributed by atoms with Crippen LogP contribution in [0.2, 0.25) is 5.15 Å². The van der Waals surface area contributed by atoms with E-state index < -0.39 is 11.9 Å². The van der Waals surface area contributed by atoms with Crippen molar-refractivity contribution in [3.63, 3.8) is 0 Å². The zero-order valence-electron chi connectivity index (χ0n) is 11.9. The number of aryl methyl sites for hydroxylation is 1. The van der Waals surface area contributed by atoms with E-state index in [9.17, 15) is 9.59 Å². The molecule has 0 spiro atoms. The molecule has 1 atom stereocenters. The molecule has 5 nitrogen and oxygen atoms in total. The number of hydrogen-bond donors (Lipinski definition) is 1. The molecule has 1 aromatic rings. The lowest BCUT2D eigenvalue weighted by Crippen LogP contribution is -2.36. The molecule has 0 aliphatic rings. The first kappa shape index (κ1) is 16.4. The number of halogens is 1. The van der Waals surface area contributed by atoms with Gasteiger partial charge in [0.25, 0.3) is 5.91 Å². The Morgan fingerprint density at radius 1 is 1.40 bits per heavy atom. The molecule has 0 saturated carbocycles. The fraction of sp³-hybridized carbons (Fsp3) is 0.500. The van der Waals surface area contributed by atoms with Gasteiger partial charge in [0, 0.05) is 24.3 Å². The van der Waals surface area contributed by atoms with Gasteiger partial charge in [0.05, 0.1) is 5.92 Å². The molecule has 0 aromatic carbocycles. The van der Waals surface area contributed by atoms with Crippen molar-refractivity contribution in [1.82, 2.24) is 9.88 Å². The van der Waals surface area contributed by atoms with Crippen LogP contribution in [0.1, 0.15) is 36.8 Å². The van der Waals surface area contributed by atoms with Crippen LogP contribution < -0.4 is 0 Å². The predicted octanol–water partition coefficient (Wildman–Crippen LogP) is 2.48. The zero-order valence-corrected chi connectivity index (χ0v) is 12.6. The monoisotopic (exact) mass is 298 g/mol. The van der Waals surface area contributed by atoms with Gasteiger partial charge < -0.3 is 10.0 Å². The van der Waals surface area contributed by atoms with Crippen molar-refractivity contribution in [2.24, 2.45) is 5.92 Å². The van der Waals surface area contributed by atoms with Gasteiger partial charge in [0.2, 0.25) is 0 Å². The second-order valence-electron chi connectivity index (χ2n) is 4.61. The lowest BCUT2D eigenvalue weighted by molar-refractivity contribution is -0.141.